The highest BCUT2D eigenvalue weighted by atomic mass is 16.7. The van der Waals surface area contributed by atoms with Gasteiger partial charge in [-0.25, -0.2) is 0 Å². The van der Waals surface area contributed by atoms with Crippen LogP contribution in [0, 0.1) is 0 Å². The highest BCUT2D eigenvalue weighted by molar-refractivity contribution is 5.44. The molecule has 0 unspecified atom stereocenters. The van der Waals surface area contributed by atoms with Gasteiger partial charge in [-0.2, -0.15) is 0 Å². The van der Waals surface area contributed by atoms with Crippen molar-refractivity contribution in [2.45, 2.75) is 13.0 Å². The number of hydrogen-bond donors (Lipinski definition) is 1. The molecular weight excluding hydrogens is 206 g/mol. The molecule has 0 aromatic heterocycles. The monoisotopic (exact) mass is 223 g/mol. The lowest BCUT2D eigenvalue weighted by atomic mass is 10.2. The minimum atomic E-state index is 0.242. The largest absolute Gasteiger partial charge is 0.454 e. The fourth-order valence-electron chi connectivity index (χ4n) is 1.77. The second-order valence-electron chi connectivity index (χ2n) is 4.00. The molecule has 0 aliphatic carbocycles. The average Bonchev–Trinajstić information content (AvgIpc) is 2.73. The van der Waals surface area contributed by atoms with Crippen molar-refractivity contribution < 1.29 is 14.6 Å². The molecule has 1 aliphatic heterocycles. The Morgan fingerprint density at radius 1 is 1.31 bits per heavy atom. The van der Waals surface area contributed by atoms with Crippen LogP contribution in [-0.4, -0.2) is 37.0 Å². The summed E-state index contributed by atoms with van der Waals surface area (Å²) in [6.45, 7) is 2.31. The second-order valence-corrected chi connectivity index (χ2v) is 4.00. The van der Waals surface area contributed by atoms with Crippen molar-refractivity contribution in [1.82, 2.24) is 4.90 Å². The maximum Gasteiger partial charge on any atom is 0.231 e. The first kappa shape index (κ1) is 11.2. The summed E-state index contributed by atoms with van der Waals surface area (Å²) in [6.07, 6.45) is 0.807. The van der Waals surface area contributed by atoms with Crippen LogP contribution < -0.4 is 9.47 Å². The van der Waals surface area contributed by atoms with Gasteiger partial charge in [-0.1, -0.05) is 6.07 Å². The summed E-state index contributed by atoms with van der Waals surface area (Å²) in [6, 6.07) is 6.00. The molecule has 4 nitrogen and oxygen atoms in total. The van der Waals surface area contributed by atoms with E-state index in [1.807, 2.05) is 25.2 Å². The number of aliphatic hydroxyl groups excluding tert-OH is 1. The standard InChI is InChI=1S/C12H17NO3/c1-13(5-2-6-14)8-10-3-4-11-12(7-10)16-9-15-11/h3-4,7,14H,2,5-6,8-9H2,1H3. The molecule has 0 radical (unpaired) electrons. The van der Waals surface area contributed by atoms with Crippen LogP contribution in [0.5, 0.6) is 11.5 Å². The van der Waals surface area contributed by atoms with E-state index < -0.39 is 0 Å². The highest BCUT2D eigenvalue weighted by Crippen LogP contribution is 2.32. The molecule has 1 aliphatic rings. The Labute approximate surface area is 95.4 Å². The normalized spacial score (nSPS) is 13.4. The van der Waals surface area contributed by atoms with E-state index in [2.05, 4.69) is 4.90 Å². The summed E-state index contributed by atoms with van der Waals surface area (Å²) in [5.41, 5.74) is 1.20. The first-order valence-corrected chi connectivity index (χ1v) is 5.47. The lowest BCUT2D eigenvalue weighted by molar-refractivity contribution is 0.174. The molecule has 0 bridgehead atoms. The van der Waals surface area contributed by atoms with Gasteiger partial charge in [0.05, 0.1) is 0 Å². The molecule has 0 spiro atoms. The van der Waals surface area contributed by atoms with E-state index in [-0.39, 0.29) is 6.61 Å². The Hall–Kier alpha value is -1.26. The molecule has 88 valence electrons. The molecule has 4 heteroatoms. The zero-order valence-corrected chi connectivity index (χ0v) is 9.48. The van der Waals surface area contributed by atoms with Gasteiger partial charge in [0.25, 0.3) is 0 Å². The second kappa shape index (κ2) is 5.18. The van der Waals surface area contributed by atoms with Crippen molar-refractivity contribution in [2.75, 3.05) is 27.0 Å². The van der Waals surface area contributed by atoms with E-state index in [0.717, 1.165) is 31.0 Å². The third kappa shape index (κ3) is 2.65. The van der Waals surface area contributed by atoms with E-state index in [1.165, 1.54) is 5.56 Å². The SMILES string of the molecule is CN(CCCO)Cc1ccc2c(c1)OCO2. The molecule has 0 fully saturated rings. The Morgan fingerprint density at radius 2 is 2.12 bits per heavy atom. The van der Waals surface area contributed by atoms with E-state index in [4.69, 9.17) is 14.6 Å². The number of ether oxygens (including phenoxy) is 2. The number of aliphatic hydroxyl groups is 1. The van der Waals surface area contributed by atoms with Crippen LogP contribution in [-0.2, 0) is 6.54 Å². The van der Waals surface area contributed by atoms with Crippen LogP contribution in [0.25, 0.3) is 0 Å². The van der Waals surface area contributed by atoms with Gasteiger partial charge in [0.15, 0.2) is 11.5 Å². The van der Waals surface area contributed by atoms with Gasteiger partial charge >= 0.3 is 0 Å². The molecule has 16 heavy (non-hydrogen) atoms. The van der Waals surface area contributed by atoms with Crippen molar-refractivity contribution >= 4 is 0 Å². The first-order valence-electron chi connectivity index (χ1n) is 5.47. The van der Waals surface area contributed by atoms with Crippen LogP contribution in [0.15, 0.2) is 18.2 Å². The summed E-state index contributed by atoms with van der Waals surface area (Å²) >= 11 is 0. The molecule has 1 aromatic carbocycles. The number of benzene rings is 1. The van der Waals surface area contributed by atoms with E-state index in [9.17, 15) is 0 Å². The number of nitrogens with zero attached hydrogens (tertiary/aromatic N) is 1. The Morgan fingerprint density at radius 3 is 2.94 bits per heavy atom. The minimum absolute atomic E-state index is 0.242. The quantitative estimate of drug-likeness (QED) is 0.815. The molecule has 1 N–H and O–H groups in total. The predicted octanol–water partition coefficient (Wildman–Crippen LogP) is 1.23. The fraction of sp³-hybridized carbons (Fsp3) is 0.500. The zero-order valence-electron chi connectivity index (χ0n) is 9.48. The first-order chi connectivity index (χ1) is 7.79. The Bertz CT molecular complexity index is 354. The number of fused-ring (bicyclic) bond motifs is 1. The molecule has 0 atom stereocenters. The van der Waals surface area contributed by atoms with Crippen molar-refractivity contribution in [1.29, 1.82) is 0 Å². The van der Waals surface area contributed by atoms with E-state index in [1.54, 1.807) is 0 Å². The van der Waals surface area contributed by atoms with Gasteiger partial charge in [-0.3, -0.25) is 0 Å². The maximum atomic E-state index is 8.74. The number of hydrogen-bond acceptors (Lipinski definition) is 4. The third-order valence-electron chi connectivity index (χ3n) is 2.59. The molecular formula is C12H17NO3. The summed E-state index contributed by atoms with van der Waals surface area (Å²) in [5.74, 6) is 1.65. The molecule has 1 aromatic rings. The third-order valence-corrected chi connectivity index (χ3v) is 2.59. The molecule has 2 rings (SSSR count). The zero-order chi connectivity index (χ0) is 11.4. The van der Waals surface area contributed by atoms with Crippen LogP contribution in [0.3, 0.4) is 0 Å². The van der Waals surface area contributed by atoms with Gasteiger partial charge in [0.2, 0.25) is 6.79 Å². The number of rotatable bonds is 5. The van der Waals surface area contributed by atoms with Gasteiger partial charge < -0.3 is 19.5 Å². The van der Waals surface area contributed by atoms with Crippen molar-refractivity contribution in [3.63, 3.8) is 0 Å². The van der Waals surface area contributed by atoms with Gasteiger partial charge in [-0.05, 0) is 31.2 Å². The maximum absolute atomic E-state index is 8.74. The van der Waals surface area contributed by atoms with Gasteiger partial charge in [0, 0.05) is 19.7 Å². The lowest BCUT2D eigenvalue weighted by Crippen LogP contribution is -2.19. The van der Waals surface area contributed by atoms with E-state index in [0.29, 0.717) is 6.79 Å². The van der Waals surface area contributed by atoms with Crippen molar-refractivity contribution in [3.05, 3.63) is 23.8 Å². The Balaban J connectivity index is 1.94. The molecule has 0 saturated carbocycles. The predicted molar refractivity (Wildman–Crippen MR) is 60.6 cm³/mol. The average molecular weight is 223 g/mol. The van der Waals surface area contributed by atoms with Crippen LogP contribution in [0.4, 0.5) is 0 Å². The Kier molecular flexibility index (Phi) is 3.64. The summed E-state index contributed by atoms with van der Waals surface area (Å²) < 4.78 is 10.6. The van der Waals surface area contributed by atoms with Crippen LogP contribution in [0.2, 0.25) is 0 Å². The topological polar surface area (TPSA) is 41.9 Å². The molecule has 0 amide bonds. The highest BCUT2D eigenvalue weighted by Gasteiger charge is 2.13. The summed E-state index contributed by atoms with van der Waals surface area (Å²) in [4.78, 5) is 2.17. The lowest BCUT2D eigenvalue weighted by Gasteiger charge is -2.16. The van der Waals surface area contributed by atoms with Crippen molar-refractivity contribution in [3.8, 4) is 11.5 Å². The minimum Gasteiger partial charge on any atom is -0.454 e. The van der Waals surface area contributed by atoms with Crippen LogP contribution >= 0.6 is 0 Å². The molecule has 1 heterocycles. The fourth-order valence-corrected chi connectivity index (χ4v) is 1.77. The molecule has 0 saturated heterocycles. The summed E-state index contributed by atoms with van der Waals surface area (Å²) in [7, 11) is 2.04. The van der Waals surface area contributed by atoms with Crippen LogP contribution in [0.1, 0.15) is 12.0 Å². The van der Waals surface area contributed by atoms with Crippen molar-refractivity contribution in [2.24, 2.45) is 0 Å². The summed E-state index contributed by atoms with van der Waals surface area (Å²) in [5, 5.41) is 8.74. The van der Waals surface area contributed by atoms with Gasteiger partial charge in [-0.15, -0.1) is 0 Å². The smallest absolute Gasteiger partial charge is 0.231 e. The van der Waals surface area contributed by atoms with E-state index >= 15 is 0 Å². The van der Waals surface area contributed by atoms with Gasteiger partial charge in [0.1, 0.15) is 0 Å².